The van der Waals surface area contributed by atoms with Crippen LogP contribution in [0.25, 0.3) is 0 Å². The van der Waals surface area contributed by atoms with Gasteiger partial charge in [0.2, 0.25) is 0 Å². The van der Waals surface area contributed by atoms with Crippen LogP contribution in [-0.2, 0) is 9.53 Å². The second-order valence-corrected chi connectivity index (χ2v) is 4.60. The van der Waals surface area contributed by atoms with Crippen molar-refractivity contribution in [2.24, 2.45) is 0 Å². The van der Waals surface area contributed by atoms with Gasteiger partial charge in [-0.05, 0) is 37.5 Å². The van der Waals surface area contributed by atoms with Crippen molar-refractivity contribution in [3.05, 3.63) is 43.0 Å². The molecule has 1 aliphatic rings. The second kappa shape index (κ2) is 5.69. The van der Waals surface area contributed by atoms with E-state index in [-0.39, 0.29) is 5.78 Å². The van der Waals surface area contributed by atoms with Gasteiger partial charge in [-0.3, -0.25) is 10.1 Å². The number of hydrogen-bond donors (Lipinski definition) is 1. The van der Waals surface area contributed by atoms with E-state index in [0.717, 1.165) is 12.8 Å². The van der Waals surface area contributed by atoms with E-state index in [0.29, 0.717) is 18.5 Å². The maximum Gasteiger partial charge on any atom is 0.412 e. The average Bonchev–Trinajstić information content (AvgIpc) is 2.42. The first-order chi connectivity index (χ1) is 9.16. The first kappa shape index (κ1) is 13.3. The monoisotopic (exact) mass is 259 g/mol. The molecule has 0 radical (unpaired) electrons. The molecule has 1 aliphatic carbocycles. The van der Waals surface area contributed by atoms with Gasteiger partial charge < -0.3 is 4.74 Å². The maximum atomic E-state index is 12.0. The van der Waals surface area contributed by atoms with Crippen LogP contribution < -0.4 is 5.32 Å². The number of nitrogens with one attached hydrogen (secondary N) is 1. The summed E-state index contributed by atoms with van der Waals surface area (Å²) in [6.45, 7) is 3.64. The number of carbonyl (C=O) groups excluding carboxylic acids is 2. The first-order valence-electron chi connectivity index (χ1n) is 6.38. The van der Waals surface area contributed by atoms with Crippen LogP contribution in [0.3, 0.4) is 0 Å². The number of ether oxygens (including phenoxy) is 1. The molecule has 0 heterocycles. The van der Waals surface area contributed by atoms with E-state index in [2.05, 4.69) is 11.9 Å². The van der Waals surface area contributed by atoms with E-state index in [9.17, 15) is 9.59 Å². The Labute approximate surface area is 112 Å². The lowest BCUT2D eigenvalue weighted by atomic mass is 9.83. The molecule has 1 saturated carbocycles. The molecule has 0 saturated heterocycles. The van der Waals surface area contributed by atoms with Gasteiger partial charge >= 0.3 is 6.09 Å². The standard InChI is InChI=1S/C15H17NO3/c1-2-15(11-7-6-10-13(15)17)19-14(18)16-12-8-4-3-5-9-12/h2-5,8-9H,1,6-7,10-11H2,(H,16,18). The average molecular weight is 259 g/mol. The lowest BCUT2D eigenvalue weighted by Crippen LogP contribution is -2.44. The van der Waals surface area contributed by atoms with Crippen LogP contribution in [0.15, 0.2) is 43.0 Å². The summed E-state index contributed by atoms with van der Waals surface area (Å²) in [5.74, 6) is -0.0723. The SMILES string of the molecule is C=CC1(OC(=O)Nc2ccccc2)CCCCC1=O. The normalized spacial score (nSPS) is 22.6. The molecule has 1 fully saturated rings. The van der Waals surface area contributed by atoms with Crippen molar-refractivity contribution in [1.29, 1.82) is 0 Å². The zero-order chi connectivity index (χ0) is 13.7. The summed E-state index contributed by atoms with van der Waals surface area (Å²) in [7, 11) is 0. The minimum atomic E-state index is -1.16. The highest BCUT2D eigenvalue weighted by Gasteiger charge is 2.40. The van der Waals surface area contributed by atoms with Crippen molar-refractivity contribution in [2.75, 3.05) is 5.32 Å². The molecule has 1 aromatic carbocycles. The molecular formula is C15H17NO3. The molecule has 4 heteroatoms. The number of anilines is 1. The molecule has 19 heavy (non-hydrogen) atoms. The largest absolute Gasteiger partial charge is 0.430 e. The van der Waals surface area contributed by atoms with Gasteiger partial charge in [-0.1, -0.05) is 24.8 Å². The Kier molecular flexibility index (Phi) is 4.00. The van der Waals surface area contributed by atoms with Crippen LogP contribution in [-0.4, -0.2) is 17.5 Å². The molecule has 0 spiro atoms. The summed E-state index contributed by atoms with van der Waals surface area (Å²) in [6, 6.07) is 8.98. The number of para-hydroxylation sites is 1. The van der Waals surface area contributed by atoms with E-state index in [1.807, 2.05) is 18.2 Å². The van der Waals surface area contributed by atoms with Crippen LogP contribution in [0.4, 0.5) is 10.5 Å². The van der Waals surface area contributed by atoms with Crippen LogP contribution in [0.1, 0.15) is 25.7 Å². The summed E-state index contributed by atoms with van der Waals surface area (Å²) in [5.41, 5.74) is -0.521. The maximum absolute atomic E-state index is 12.0. The summed E-state index contributed by atoms with van der Waals surface area (Å²) < 4.78 is 5.33. The van der Waals surface area contributed by atoms with Gasteiger partial charge in [0, 0.05) is 12.1 Å². The lowest BCUT2D eigenvalue weighted by Gasteiger charge is -2.32. The number of ketones is 1. The summed E-state index contributed by atoms with van der Waals surface area (Å²) in [6.07, 6.45) is 3.47. The van der Waals surface area contributed by atoms with E-state index in [1.54, 1.807) is 12.1 Å². The van der Waals surface area contributed by atoms with Crippen molar-refractivity contribution in [1.82, 2.24) is 0 Å². The summed E-state index contributed by atoms with van der Waals surface area (Å²) in [4.78, 5) is 23.8. The fourth-order valence-electron chi connectivity index (χ4n) is 2.22. The Morgan fingerprint density at radius 3 is 2.68 bits per heavy atom. The number of hydrogen-bond acceptors (Lipinski definition) is 3. The summed E-state index contributed by atoms with van der Waals surface area (Å²) >= 11 is 0. The Bertz CT molecular complexity index is 483. The van der Waals surface area contributed by atoms with Gasteiger partial charge in [-0.2, -0.15) is 0 Å². The smallest absolute Gasteiger partial charge is 0.412 e. The van der Waals surface area contributed by atoms with E-state index in [1.165, 1.54) is 6.08 Å². The summed E-state index contributed by atoms with van der Waals surface area (Å²) in [5, 5.41) is 2.61. The number of carbonyl (C=O) groups is 2. The lowest BCUT2D eigenvalue weighted by molar-refractivity contribution is -0.135. The molecular weight excluding hydrogens is 242 g/mol. The Hall–Kier alpha value is -2.10. The predicted molar refractivity (Wildman–Crippen MR) is 72.9 cm³/mol. The minimum Gasteiger partial charge on any atom is -0.430 e. The van der Waals surface area contributed by atoms with Crippen molar-refractivity contribution >= 4 is 17.6 Å². The molecule has 1 aromatic rings. The highest BCUT2D eigenvalue weighted by atomic mass is 16.6. The first-order valence-corrected chi connectivity index (χ1v) is 6.38. The Morgan fingerprint density at radius 1 is 1.32 bits per heavy atom. The number of amides is 1. The molecule has 2 rings (SSSR count). The highest BCUT2D eigenvalue weighted by Crippen LogP contribution is 2.30. The van der Waals surface area contributed by atoms with E-state index >= 15 is 0 Å². The third-order valence-corrected chi connectivity index (χ3v) is 3.30. The third kappa shape index (κ3) is 3.02. The molecule has 1 atom stereocenters. The zero-order valence-corrected chi connectivity index (χ0v) is 10.7. The zero-order valence-electron chi connectivity index (χ0n) is 10.7. The van der Waals surface area contributed by atoms with Crippen molar-refractivity contribution in [3.63, 3.8) is 0 Å². The van der Waals surface area contributed by atoms with Gasteiger partial charge in [0.25, 0.3) is 0 Å². The van der Waals surface area contributed by atoms with E-state index < -0.39 is 11.7 Å². The quantitative estimate of drug-likeness (QED) is 0.847. The van der Waals surface area contributed by atoms with Gasteiger partial charge in [-0.15, -0.1) is 0 Å². The number of rotatable bonds is 3. The Balaban J connectivity index is 2.04. The van der Waals surface area contributed by atoms with Gasteiger partial charge in [-0.25, -0.2) is 4.79 Å². The molecule has 0 aliphatic heterocycles. The topological polar surface area (TPSA) is 55.4 Å². The van der Waals surface area contributed by atoms with E-state index in [4.69, 9.17) is 4.74 Å². The molecule has 0 aromatic heterocycles. The number of benzene rings is 1. The fraction of sp³-hybridized carbons (Fsp3) is 0.333. The molecule has 1 unspecified atom stereocenters. The van der Waals surface area contributed by atoms with Crippen LogP contribution >= 0.6 is 0 Å². The van der Waals surface area contributed by atoms with Crippen molar-refractivity contribution in [2.45, 2.75) is 31.3 Å². The molecule has 1 amide bonds. The van der Waals surface area contributed by atoms with Crippen LogP contribution in [0.2, 0.25) is 0 Å². The van der Waals surface area contributed by atoms with Crippen molar-refractivity contribution < 1.29 is 14.3 Å². The predicted octanol–water partition coefficient (Wildman–Crippen LogP) is 3.30. The van der Waals surface area contributed by atoms with Gasteiger partial charge in [0.05, 0.1) is 0 Å². The number of Topliss-reactive ketones (excluding diaryl/α,β-unsaturated/α-hetero) is 1. The molecule has 0 bridgehead atoms. The highest BCUT2D eigenvalue weighted by molar-refractivity contribution is 5.94. The minimum absolute atomic E-state index is 0.0723. The van der Waals surface area contributed by atoms with Gasteiger partial charge in [0.1, 0.15) is 0 Å². The molecule has 1 N–H and O–H groups in total. The van der Waals surface area contributed by atoms with Gasteiger partial charge in [0.15, 0.2) is 11.4 Å². The Morgan fingerprint density at radius 2 is 2.05 bits per heavy atom. The fourth-order valence-corrected chi connectivity index (χ4v) is 2.22. The third-order valence-electron chi connectivity index (χ3n) is 3.30. The molecule has 4 nitrogen and oxygen atoms in total. The van der Waals surface area contributed by atoms with Crippen LogP contribution in [0.5, 0.6) is 0 Å². The van der Waals surface area contributed by atoms with Crippen LogP contribution in [0, 0.1) is 0 Å². The molecule has 100 valence electrons. The van der Waals surface area contributed by atoms with Crippen molar-refractivity contribution in [3.8, 4) is 0 Å². The second-order valence-electron chi connectivity index (χ2n) is 4.60.